The van der Waals surface area contributed by atoms with Gasteiger partial charge in [0.15, 0.2) is 9.84 Å². The van der Waals surface area contributed by atoms with Crippen molar-refractivity contribution in [3.8, 4) is 5.75 Å². The fraction of sp³-hybridized carbons (Fsp3) is 0.250. The largest absolute Gasteiger partial charge is 0.506 e. The summed E-state index contributed by atoms with van der Waals surface area (Å²) >= 11 is 0. The van der Waals surface area contributed by atoms with Gasteiger partial charge in [-0.15, -0.1) is 0 Å². The van der Waals surface area contributed by atoms with E-state index in [0.717, 1.165) is 23.6 Å². The summed E-state index contributed by atoms with van der Waals surface area (Å²) in [5.41, 5.74) is 2.32. The Morgan fingerprint density at radius 2 is 1.47 bits per heavy atom. The van der Waals surface area contributed by atoms with E-state index < -0.39 is 26.0 Å². The smallest absolute Gasteiger partial charge is 0.229 e. The summed E-state index contributed by atoms with van der Waals surface area (Å²) in [6.07, 6.45) is 1.74. The second kappa shape index (κ2) is 10.6. The SMILES string of the molecule is CS(=O)(=O)Nc1cc(C(O)CNC(Cc2ccccc2)c2ccc(S(C)(=O)=O)cc2)ccc1O. The molecule has 10 heteroatoms. The molecule has 2 atom stereocenters. The number of aromatic hydroxyl groups is 1. The van der Waals surface area contributed by atoms with Gasteiger partial charge < -0.3 is 15.5 Å². The van der Waals surface area contributed by atoms with Crippen molar-refractivity contribution in [3.05, 3.63) is 89.5 Å². The number of hydrogen-bond donors (Lipinski definition) is 4. The van der Waals surface area contributed by atoms with Crippen LogP contribution in [0, 0.1) is 0 Å². The summed E-state index contributed by atoms with van der Waals surface area (Å²) < 4.78 is 48.9. The van der Waals surface area contributed by atoms with Crippen LogP contribution >= 0.6 is 0 Å². The molecule has 0 aliphatic rings. The number of anilines is 1. The Morgan fingerprint density at radius 1 is 0.853 bits per heavy atom. The van der Waals surface area contributed by atoms with Crippen LogP contribution in [0.5, 0.6) is 5.75 Å². The number of benzene rings is 3. The van der Waals surface area contributed by atoms with Crippen LogP contribution in [0.4, 0.5) is 5.69 Å². The Balaban J connectivity index is 1.81. The third-order valence-electron chi connectivity index (χ3n) is 5.25. The van der Waals surface area contributed by atoms with E-state index in [9.17, 15) is 27.0 Å². The molecule has 3 aromatic carbocycles. The van der Waals surface area contributed by atoms with Gasteiger partial charge in [0.25, 0.3) is 0 Å². The van der Waals surface area contributed by atoms with Gasteiger partial charge in [0, 0.05) is 18.8 Å². The average molecular weight is 505 g/mol. The maximum Gasteiger partial charge on any atom is 0.229 e. The molecule has 0 saturated carbocycles. The van der Waals surface area contributed by atoms with Crippen molar-refractivity contribution in [2.75, 3.05) is 23.8 Å². The molecule has 0 amide bonds. The molecule has 0 spiro atoms. The molecule has 3 aromatic rings. The lowest BCUT2D eigenvalue weighted by Crippen LogP contribution is -2.28. The molecular weight excluding hydrogens is 476 g/mol. The highest BCUT2D eigenvalue weighted by molar-refractivity contribution is 7.92. The van der Waals surface area contributed by atoms with Gasteiger partial charge in [-0.3, -0.25) is 4.72 Å². The number of aliphatic hydroxyl groups excluding tert-OH is 1. The molecule has 0 aliphatic carbocycles. The van der Waals surface area contributed by atoms with E-state index in [4.69, 9.17) is 0 Å². The van der Waals surface area contributed by atoms with Gasteiger partial charge in [-0.05, 0) is 47.4 Å². The number of sulfonamides is 1. The molecule has 4 N–H and O–H groups in total. The molecular formula is C24H28N2O6S2. The van der Waals surface area contributed by atoms with E-state index in [1.807, 2.05) is 30.3 Å². The predicted molar refractivity (Wildman–Crippen MR) is 132 cm³/mol. The number of aliphatic hydroxyl groups is 1. The van der Waals surface area contributed by atoms with Crippen LogP contribution in [0.1, 0.15) is 28.8 Å². The molecule has 0 fully saturated rings. The fourth-order valence-corrected chi connectivity index (χ4v) is 4.71. The standard InChI is InChI=1S/C24H28N2O6S2/c1-33(29,30)20-11-8-18(9-12-20)21(14-17-6-4-3-5-7-17)25-16-24(28)19-10-13-23(27)22(15-19)26-34(2,31)32/h3-13,15,21,24-28H,14,16H2,1-2H3. The minimum absolute atomic E-state index is 0.0174. The molecule has 0 aromatic heterocycles. The Kier molecular flexibility index (Phi) is 7.98. The summed E-state index contributed by atoms with van der Waals surface area (Å²) in [6, 6.07) is 20.4. The number of nitrogens with one attached hydrogen (secondary N) is 2. The Labute approximate surface area is 200 Å². The van der Waals surface area contributed by atoms with Crippen molar-refractivity contribution in [1.82, 2.24) is 5.32 Å². The van der Waals surface area contributed by atoms with E-state index in [1.165, 1.54) is 18.2 Å². The van der Waals surface area contributed by atoms with E-state index in [0.29, 0.717) is 12.0 Å². The van der Waals surface area contributed by atoms with Crippen molar-refractivity contribution in [2.45, 2.75) is 23.5 Å². The second-order valence-electron chi connectivity index (χ2n) is 8.16. The van der Waals surface area contributed by atoms with Gasteiger partial charge in [-0.1, -0.05) is 48.5 Å². The van der Waals surface area contributed by atoms with Crippen molar-refractivity contribution in [3.63, 3.8) is 0 Å². The number of hydrogen-bond acceptors (Lipinski definition) is 7. The maximum atomic E-state index is 11.8. The van der Waals surface area contributed by atoms with Crippen molar-refractivity contribution < 1.29 is 27.0 Å². The van der Waals surface area contributed by atoms with E-state index in [-0.39, 0.29) is 28.9 Å². The first-order chi connectivity index (χ1) is 15.9. The summed E-state index contributed by atoms with van der Waals surface area (Å²) in [5, 5.41) is 24.0. The number of phenolic OH excluding ortho intramolecular Hbond substituents is 1. The lowest BCUT2D eigenvalue weighted by Gasteiger charge is -2.22. The molecule has 3 rings (SSSR count). The zero-order chi connectivity index (χ0) is 24.9. The van der Waals surface area contributed by atoms with Gasteiger partial charge in [-0.2, -0.15) is 0 Å². The van der Waals surface area contributed by atoms with Crippen molar-refractivity contribution >= 4 is 25.5 Å². The topological polar surface area (TPSA) is 133 Å². The quantitative estimate of drug-likeness (QED) is 0.312. The van der Waals surface area contributed by atoms with Gasteiger partial charge in [-0.25, -0.2) is 16.8 Å². The van der Waals surface area contributed by atoms with E-state index in [1.54, 1.807) is 24.3 Å². The first-order valence-electron chi connectivity index (χ1n) is 10.5. The molecule has 2 unspecified atom stereocenters. The van der Waals surface area contributed by atoms with E-state index in [2.05, 4.69) is 10.0 Å². The van der Waals surface area contributed by atoms with Crippen LogP contribution < -0.4 is 10.0 Å². The monoisotopic (exact) mass is 504 g/mol. The summed E-state index contributed by atoms with van der Waals surface area (Å²) in [5.74, 6) is -0.248. The highest BCUT2D eigenvalue weighted by Crippen LogP contribution is 2.28. The third-order valence-corrected chi connectivity index (χ3v) is 6.97. The van der Waals surface area contributed by atoms with Crippen LogP contribution in [-0.2, 0) is 26.3 Å². The van der Waals surface area contributed by atoms with Crippen LogP contribution in [0.25, 0.3) is 0 Å². The minimum atomic E-state index is -3.60. The Bertz CT molecular complexity index is 1330. The van der Waals surface area contributed by atoms with Crippen molar-refractivity contribution in [2.24, 2.45) is 0 Å². The number of sulfone groups is 1. The zero-order valence-electron chi connectivity index (χ0n) is 18.8. The van der Waals surface area contributed by atoms with E-state index >= 15 is 0 Å². The van der Waals surface area contributed by atoms with Gasteiger partial charge in [0.1, 0.15) is 5.75 Å². The predicted octanol–water partition coefficient (Wildman–Crippen LogP) is 2.77. The molecule has 34 heavy (non-hydrogen) atoms. The average Bonchev–Trinajstić information content (AvgIpc) is 2.77. The third kappa shape index (κ3) is 7.29. The highest BCUT2D eigenvalue weighted by atomic mass is 32.2. The van der Waals surface area contributed by atoms with Gasteiger partial charge in [0.2, 0.25) is 10.0 Å². The number of phenols is 1. The first kappa shape index (κ1) is 25.7. The molecule has 8 nitrogen and oxygen atoms in total. The molecule has 0 bridgehead atoms. The van der Waals surface area contributed by atoms with Gasteiger partial charge in [0.05, 0.1) is 22.9 Å². The normalized spacial score (nSPS) is 13.9. The van der Waals surface area contributed by atoms with Crippen LogP contribution in [-0.4, -0.2) is 46.1 Å². The molecule has 0 saturated heterocycles. The lowest BCUT2D eigenvalue weighted by molar-refractivity contribution is 0.169. The molecule has 182 valence electrons. The Hall–Kier alpha value is -2.92. The lowest BCUT2D eigenvalue weighted by atomic mass is 9.98. The fourth-order valence-electron chi connectivity index (χ4n) is 3.52. The number of rotatable bonds is 10. The summed E-state index contributed by atoms with van der Waals surface area (Å²) in [6.45, 7) is 0.133. The minimum Gasteiger partial charge on any atom is -0.506 e. The summed E-state index contributed by atoms with van der Waals surface area (Å²) in [4.78, 5) is 0.227. The van der Waals surface area contributed by atoms with Crippen LogP contribution in [0.15, 0.2) is 77.7 Å². The Morgan fingerprint density at radius 3 is 2.06 bits per heavy atom. The zero-order valence-corrected chi connectivity index (χ0v) is 20.5. The summed E-state index contributed by atoms with van der Waals surface area (Å²) in [7, 11) is -6.92. The molecule has 0 aliphatic heterocycles. The van der Waals surface area contributed by atoms with Crippen molar-refractivity contribution in [1.29, 1.82) is 0 Å². The first-order valence-corrected chi connectivity index (χ1v) is 14.3. The van der Waals surface area contributed by atoms with Crippen LogP contribution in [0.3, 0.4) is 0 Å². The van der Waals surface area contributed by atoms with Crippen LogP contribution in [0.2, 0.25) is 0 Å². The van der Waals surface area contributed by atoms with Gasteiger partial charge >= 0.3 is 0 Å². The maximum absolute atomic E-state index is 11.8. The molecule has 0 heterocycles. The highest BCUT2D eigenvalue weighted by Gasteiger charge is 2.18. The molecule has 0 radical (unpaired) electrons. The second-order valence-corrected chi connectivity index (χ2v) is 11.9.